The van der Waals surface area contributed by atoms with Crippen LogP contribution in [0.15, 0.2) is 77.4 Å². The highest BCUT2D eigenvalue weighted by molar-refractivity contribution is 5.99. The number of nitrogens with zero attached hydrogens (tertiary/aromatic N) is 3. The zero-order valence-corrected chi connectivity index (χ0v) is 25.6. The number of aryl methyl sites for hydroxylation is 2. The van der Waals surface area contributed by atoms with Crippen molar-refractivity contribution in [1.82, 2.24) is 25.5 Å². The van der Waals surface area contributed by atoms with E-state index in [-0.39, 0.29) is 36.3 Å². The number of aliphatic hydroxyl groups is 1. The number of halogens is 3. The first-order valence-electron chi connectivity index (χ1n) is 15.1. The highest BCUT2D eigenvalue weighted by Gasteiger charge is 2.35. The molecular weight excluding hydrogens is 599 g/mol. The second kappa shape index (κ2) is 14.3. The highest BCUT2D eigenvalue weighted by Crippen LogP contribution is 2.33. The van der Waals surface area contributed by atoms with Crippen molar-refractivity contribution in [2.75, 3.05) is 13.1 Å². The van der Waals surface area contributed by atoms with Gasteiger partial charge in [-0.05, 0) is 62.4 Å². The molecule has 1 fully saturated rings. The summed E-state index contributed by atoms with van der Waals surface area (Å²) in [5, 5.41) is 17.1. The standard InChI is InChI=1S/C34H36F3N5O4/c1-21-14-25(17-28(39-21)33(45)42-13-7-12-29(42)32-40-22(2)20-46-32)31(44)41-27(16-23-8-4-3-5-9-23)30(43)19-38-18-24-10-6-11-26(15-24)34(35,36)37/h3-6,8-11,14-15,17,20,27,29-30,38,43H,7,12-13,16,18-19H2,1-2H3,(H,41,44)/t27-,29?,30+/m0/s1. The zero-order chi connectivity index (χ0) is 32.8. The Hall–Kier alpha value is -4.55. The molecule has 1 unspecified atom stereocenters. The van der Waals surface area contributed by atoms with Gasteiger partial charge in [0, 0.05) is 30.9 Å². The fraction of sp³-hybridized carbons (Fsp3) is 0.353. The number of nitrogens with one attached hydrogen (secondary N) is 2. The van der Waals surface area contributed by atoms with Crippen molar-refractivity contribution in [1.29, 1.82) is 0 Å². The van der Waals surface area contributed by atoms with E-state index in [0.29, 0.717) is 36.5 Å². The van der Waals surface area contributed by atoms with Crippen molar-refractivity contribution < 1.29 is 32.3 Å². The summed E-state index contributed by atoms with van der Waals surface area (Å²) in [5.41, 5.74) is 2.05. The maximum atomic E-state index is 13.6. The molecule has 2 aromatic heterocycles. The number of hydrogen-bond donors (Lipinski definition) is 3. The minimum absolute atomic E-state index is 0.00374. The molecule has 0 bridgehead atoms. The average molecular weight is 636 g/mol. The van der Waals surface area contributed by atoms with Crippen LogP contribution in [-0.4, -0.2) is 57.0 Å². The molecule has 0 aliphatic carbocycles. The lowest BCUT2D eigenvalue weighted by Gasteiger charge is -2.25. The number of carbonyl (C=O) groups is 2. The maximum absolute atomic E-state index is 13.6. The number of hydrogen-bond acceptors (Lipinski definition) is 7. The predicted molar refractivity (Wildman–Crippen MR) is 164 cm³/mol. The van der Waals surface area contributed by atoms with Gasteiger partial charge in [0.25, 0.3) is 11.8 Å². The van der Waals surface area contributed by atoms with Crippen LogP contribution >= 0.6 is 0 Å². The summed E-state index contributed by atoms with van der Waals surface area (Å²) in [6, 6.07) is 16.2. The van der Waals surface area contributed by atoms with Crippen molar-refractivity contribution in [3.8, 4) is 0 Å². The first-order chi connectivity index (χ1) is 22.0. The monoisotopic (exact) mass is 635 g/mol. The summed E-state index contributed by atoms with van der Waals surface area (Å²) >= 11 is 0. The molecule has 1 saturated heterocycles. The van der Waals surface area contributed by atoms with Crippen LogP contribution in [0.2, 0.25) is 0 Å². The summed E-state index contributed by atoms with van der Waals surface area (Å²) in [4.78, 5) is 37.7. The number of benzene rings is 2. The Morgan fingerprint density at radius 3 is 2.50 bits per heavy atom. The van der Waals surface area contributed by atoms with Gasteiger partial charge < -0.3 is 25.1 Å². The molecule has 3 N–H and O–H groups in total. The number of aromatic nitrogens is 2. The third kappa shape index (κ3) is 8.18. The number of likely N-dealkylation sites (tertiary alicyclic amines) is 1. The number of pyridine rings is 1. The van der Waals surface area contributed by atoms with E-state index >= 15 is 0 Å². The predicted octanol–water partition coefficient (Wildman–Crippen LogP) is 5.17. The number of alkyl halides is 3. The van der Waals surface area contributed by atoms with Gasteiger partial charge in [0.2, 0.25) is 5.89 Å². The minimum atomic E-state index is -4.46. The Morgan fingerprint density at radius 2 is 1.78 bits per heavy atom. The summed E-state index contributed by atoms with van der Waals surface area (Å²) < 4.78 is 44.9. The molecule has 1 aliphatic heterocycles. The van der Waals surface area contributed by atoms with Crippen LogP contribution in [0.3, 0.4) is 0 Å². The first kappa shape index (κ1) is 32.8. The molecule has 242 valence electrons. The molecule has 5 rings (SSSR count). The quantitative estimate of drug-likeness (QED) is 0.208. The topological polar surface area (TPSA) is 121 Å². The van der Waals surface area contributed by atoms with E-state index in [1.807, 2.05) is 37.3 Å². The van der Waals surface area contributed by atoms with Crippen LogP contribution in [0.1, 0.15) is 73.7 Å². The van der Waals surface area contributed by atoms with Gasteiger partial charge in [-0.1, -0.05) is 48.5 Å². The van der Waals surface area contributed by atoms with Crippen LogP contribution in [0.25, 0.3) is 0 Å². The third-order valence-corrected chi connectivity index (χ3v) is 7.89. The van der Waals surface area contributed by atoms with E-state index in [1.165, 1.54) is 12.1 Å². The molecule has 12 heteroatoms. The second-order valence-electron chi connectivity index (χ2n) is 11.5. The van der Waals surface area contributed by atoms with Crippen LogP contribution < -0.4 is 10.6 Å². The van der Waals surface area contributed by atoms with Gasteiger partial charge in [-0.2, -0.15) is 13.2 Å². The average Bonchev–Trinajstić information content (AvgIpc) is 3.69. The molecule has 3 atom stereocenters. The van der Waals surface area contributed by atoms with Gasteiger partial charge in [-0.3, -0.25) is 9.59 Å². The largest absolute Gasteiger partial charge is 0.446 e. The normalized spacial score (nSPS) is 16.3. The summed E-state index contributed by atoms with van der Waals surface area (Å²) in [7, 11) is 0. The molecule has 2 aromatic carbocycles. The molecule has 0 saturated carbocycles. The molecule has 0 spiro atoms. The fourth-order valence-electron chi connectivity index (χ4n) is 5.62. The molecule has 1 aliphatic rings. The van der Waals surface area contributed by atoms with Gasteiger partial charge in [-0.15, -0.1) is 0 Å². The summed E-state index contributed by atoms with van der Waals surface area (Å²) in [6.45, 7) is 4.10. The summed E-state index contributed by atoms with van der Waals surface area (Å²) in [5.74, 6) is -0.372. The Labute approximate surface area is 264 Å². The van der Waals surface area contributed by atoms with Crippen LogP contribution in [0.4, 0.5) is 13.2 Å². The Bertz CT molecular complexity index is 1660. The second-order valence-corrected chi connectivity index (χ2v) is 11.5. The number of rotatable bonds is 11. The van der Waals surface area contributed by atoms with Crippen molar-refractivity contribution in [2.24, 2.45) is 0 Å². The van der Waals surface area contributed by atoms with Gasteiger partial charge in [0.05, 0.1) is 23.4 Å². The van der Waals surface area contributed by atoms with Crippen LogP contribution in [-0.2, 0) is 19.1 Å². The van der Waals surface area contributed by atoms with E-state index in [4.69, 9.17) is 4.42 Å². The number of amides is 2. The fourth-order valence-corrected chi connectivity index (χ4v) is 5.62. The lowest BCUT2D eigenvalue weighted by Crippen LogP contribution is -2.48. The maximum Gasteiger partial charge on any atom is 0.416 e. The van der Waals surface area contributed by atoms with E-state index in [1.54, 1.807) is 30.2 Å². The molecule has 2 amide bonds. The van der Waals surface area contributed by atoms with E-state index < -0.39 is 29.8 Å². The highest BCUT2D eigenvalue weighted by atomic mass is 19.4. The molecule has 0 radical (unpaired) electrons. The zero-order valence-electron chi connectivity index (χ0n) is 25.6. The minimum Gasteiger partial charge on any atom is -0.446 e. The Kier molecular flexibility index (Phi) is 10.2. The van der Waals surface area contributed by atoms with Crippen LogP contribution in [0, 0.1) is 13.8 Å². The lowest BCUT2D eigenvalue weighted by molar-refractivity contribution is -0.137. The molecule has 3 heterocycles. The number of aliphatic hydroxyl groups excluding tert-OH is 1. The summed E-state index contributed by atoms with van der Waals surface area (Å²) in [6.07, 6.45) is -2.23. The molecular formula is C34H36F3N5O4. The number of carbonyl (C=O) groups excluding carboxylic acids is 2. The first-order valence-corrected chi connectivity index (χ1v) is 15.1. The molecule has 9 nitrogen and oxygen atoms in total. The third-order valence-electron chi connectivity index (χ3n) is 7.89. The van der Waals surface area contributed by atoms with Gasteiger partial charge >= 0.3 is 6.18 Å². The van der Waals surface area contributed by atoms with Crippen molar-refractivity contribution >= 4 is 11.8 Å². The van der Waals surface area contributed by atoms with Gasteiger partial charge in [0.1, 0.15) is 18.0 Å². The smallest absolute Gasteiger partial charge is 0.416 e. The number of oxazole rings is 1. The Balaban J connectivity index is 1.29. The van der Waals surface area contributed by atoms with E-state index in [2.05, 4.69) is 20.6 Å². The van der Waals surface area contributed by atoms with Crippen LogP contribution in [0.5, 0.6) is 0 Å². The van der Waals surface area contributed by atoms with Crippen molar-refractivity contribution in [3.05, 3.63) is 118 Å². The molecule has 46 heavy (non-hydrogen) atoms. The van der Waals surface area contributed by atoms with Gasteiger partial charge in [0.15, 0.2) is 0 Å². The van der Waals surface area contributed by atoms with E-state index in [0.717, 1.165) is 29.8 Å². The van der Waals surface area contributed by atoms with Gasteiger partial charge in [-0.25, -0.2) is 9.97 Å². The van der Waals surface area contributed by atoms with E-state index in [9.17, 15) is 27.9 Å². The van der Waals surface area contributed by atoms with Crippen molar-refractivity contribution in [3.63, 3.8) is 0 Å². The Morgan fingerprint density at radius 1 is 1.02 bits per heavy atom. The lowest BCUT2D eigenvalue weighted by atomic mass is 10.00. The SMILES string of the molecule is Cc1cc(C(=O)N[C@@H](Cc2ccccc2)[C@H](O)CNCc2cccc(C(F)(F)F)c2)cc(C(=O)N2CCCC2c2nc(C)co2)n1. The van der Waals surface area contributed by atoms with Crippen molar-refractivity contribution in [2.45, 2.75) is 64.0 Å². The molecule has 4 aromatic rings.